The third-order valence-electron chi connectivity index (χ3n) is 13.2. The molecule has 54 heavy (non-hydrogen) atoms. The Morgan fingerprint density at radius 3 is 1.61 bits per heavy atom. The highest BCUT2D eigenvalue weighted by atomic mass is 15.0. The van der Waals surface area contributed by atoms with Crippen LogP contribution < -0.4 is 16.4 Å². The van der Waals surface area contributed by atoms with E-state index in [1.807, 2.05) is 0 Å². The molecule has 0 fully saturated rings. The second-order valence-corrected chi connectivity index (χ2v) is 18.1. The Kier molecular flexibility index (Phi) is 5.02. The van der Waals surface area contributed by atoms with Gasteiger partial charge in [-0.05, 0) is 86.9 Å². The number of hydrogen-bond acceptors (Lipinski definition) is 0. The van der Waals surface area contributed by atoms with E-state index in [2.05, 4.69) is 176 Å². The molecule has 0 spiro atoms. The molecule has 3 nitrogen and oxygen atoms in total. The molecule has 6 heterocycles. The van der Waals surface area contributed by atoms with E-state index in [0.29, 0.717) is 0 Å². The van der Waals surface area contributed by atoms with Gasteiger partial charge in [0.05, 0.1) is 33.1 Å². The molecule has 0 unspecified atom stereocenters. The molecule has 0 saturated heterocycles. The van der Waals surface area contributed by atoms with Crippen molar-refractivity contribution in [1.82, 2.24) is 13.5 Å². The maximum Gasteiger partial charge on any atom is 0.253 e. The molecular weight excluding hydrogens is 653 g/mol. The van der Waals surface area contributed by atoms with Crippen LogP contribution in [0.15, 0.2) is 121 Å². The lowest BCUT2D eigenvalue weighted by molar-refractivity contribution is 0.590. The van der Waals surface area contributed by atoms with Crippen LogP contribution in [0.2, 0.25) is 0 Å². The Hall–Kier alpha value is -6.00. The quantitative estimate of drug-likeness (QED) is 0.141. The molecule has 2 aliphatic heterocycles. The Bertz CT molecular complexity index is 3520. The van der Waals surface area contributed by atoms with E-state index in [1.165, 1.54) is 121 Å². The molecule has 0 radical (unpaired) electrons. The van der Waals surface area contributed by atoms with Crippen LogP contribution in [-0.2, 0) is 10.8 Å². The summed E-state index contributed by atoms with van der Waals surface area (Å²) in [5.74, 6) is 0. The Labute approximate surface area is 313 Å². The van der Waals surface area contributed by atoms with Gasteiger partial charge in [0.15, 0.2) is 0 Å². The second kappa shape index (κ2) is 9.20. The predicted octanol–water partition coefficient (Wildman–Crippen LogP) is 10.8. The lowest BCUT2D eigenvalue weighted by Crippen LogP contribution is -2.59. The highest BCUT2D eigenvalue weighted by Crippen LogP contribution is 2.48. The Morgan fingerprint density at radius 2 is 0.944 bits per heavy atom. The molecule has 0 amide bonds. The summed E-state index contributed by atoms with van der Waals surface area (Å²) < 4.78 is 7.83. The zero-order valence-corrected chi connectivity index (χ0v) is 31.5. The van der Waals surface area contributed by atoms with Crippen LogP contribution in [0.25, 0.3) is 93.1 Å². The van der Waals surface area contributed by atoms with Crippen LogP contribution in [0.1, 0.15) is 52.7 Å². The maximum atomic E-state index is 2.64. The number of rotatable bonds is 0. The van der Waals surface area contributed by atoms with Crippen molar-refractivity contribution in [1.29, 1.82) is 0 Å². The summed E-state index contributed by atoms with van der Waals surface area (Å²) in [6.45, 7) is 14.2. The van der Waals surface area contributed by atoms with Crippen molar-refractivity contribution in [3.8, 4) is 11.4 Å². The molecule has 2 aliphatic rings. The van der Waals surface area contributed by atoms with Gasteiger partial charge in [-0.25, -0.2) is 0 Å². The monoisotopic (exact) mass is 691 g/mol. The summed E-state index contributed by atoms with van der Waals surface area (Å²) in [6.07, 6.45) is 0. The first-order chi connectivity index (χ1) is 26.1. The zero-order chi connectivity index (χ0) is 36.2. The fraction of sp³-hybridized carbons (Fsp3) is 0.160. The van der Waals surface area contributed by atoms with Crippen molar-refractivity contribution < 1.29 is 0 Å². The maximum absolute atomic E-state index is 2.64. The highest BCUT2D eigenvalue weighted by Gasteiger charge is 2.44. The number of nitrogens with zero attached hydrogens (tertiary/aromatic N) is 3. The summed E-state index contributed by atoms with van der Waals surface area (Å²) in [5.41, 5.74) is 18.9. The molecule has 0 bridgehead atoms. The van der Waals surface area contributed by atoms with Gasteiger partial charge in [-0.3, -0.25) is 0 Å². The minimum Gasteiger partial charge on any atom is -0.310 e. The van der Waals surface area contributed by atoms with Crippen molar-refractivity contribution in [3.63, 3.8) is 0 Å². The van der Waals surface area contributed by atoms with E-state index >= 15 is 0 Å². The van der Waals surface area contributed by atoms with Gasteiger partial charge in [0, 0.05) is 60.0 Å². The van der Waals surface area contributed by atoms with Gasteiger partial charge in [0.25, 0.3) is 6.71 Å². The first-order valence-corrected chi connectivity index (χ1v) is 19.5. The fourth-order valence-electron chi connectivity index (χ4n) is 10.9. The number of benzene rings is 7. The van der Waals surface area contributed by atoms with Crippen LogP contribution in [0.3, 0.4) is 0 Å². The van der Waals surface area contributed by atoms with Crippen LogP contribution in [0, 0.1) is 0 Å². The molecule has 0 atom stereocenters. The average molecular weight is 692 g/mol. The molecule has 0 N–H and O–H groups in total. The summed E-state index contributed by atoms with van der Waals surface area (Å²) in [4.78, 5) is 0. The van der Waals surface area contributed by atoms with Crippen LogP contribution in [0.5, 0.6) is 0 Å². The minimum atomic E-state index is -0.0286. The van der Waals surface area contributed by atoms with E-state index in [9.17, 15) is 0 Å². The van der Waals surface area contributed by atoms with Crippen molar-refractivity contribution >= 4 is 105 Å². The fourth-order valence-corrected chi connectivity index (χ4v) is 10.9. The van der Waals surface area contributed by atoms with Gasteiger partial charge >= 0.3 is 0 Å². The van der Waals surface area contributed by atoms with Gasteiger partial charge in [-0.1, -0.05) is 114 Å². The third kappa shape index (κ3) is 3.22. The third-order valence-corrected chi connectivity index (χ3v) is 13.2. The lowest BCUT2D eigenvalue weighted by atomic mass is 9.33. The normalized spacial score (nSPS) is 14.1. The lowest BCUT2D eigenvalue weighted by Gasteiger charge is -2.35. The molecule has 4 heteroatoms. The number of para-hydroxylation sites is 3. The summed E-state index contributed by atoms with van der Waals surface area (Å²) in [6, 6.07) is 46.8. The van der Waals surface area contributed by atoms with Gasteiger partial charge in [0.1, 0.15) is 0 Å². The molecule has 0 aliphatic carbocycles. The number of hydrogen-bond donors (Lipinski definition) is 0. The highest BCUT2D eigenvalue weighted by molar-refractivity contribution is 7.02. The van der Waals surface area contributed by atoms with Crippen molar-refractivity contribution in [2.75, 3.05) is 0 Å². The Morgan fingerprint density at radius 1 is 0.407 bits per heavy atom. The van der Waals surface area contributed by atoms with E-state index in [0.717, 1.165) is 0 Å². The van der Waals surface area contributed by atoms with Crippen molar-refractivity contribution in [3.05, 3.63) is 132 Å². The summed E-state index contributed by atoms with van der Waals surface area (Å²) in [5, 5.41) is 10.8. The number of aromatic nitrogens is 3. The molecule has 7 aromatic carbocycles. The van der Waals surface area contributed by atoms with E-state index in [4.69, 9.17) is 0 Å². The van der Waals surface area contributed by atoms with Crippen molar-refractivity contribution in [2.45, 2.75) is 52.4 Å². The SMILES string of the molecule is CC(C)(C)c1ccc2c(c1)c1cc(C(C)(C)C)cc3c1n2-c1cccc2c1B3c1c3c4ccccc4n4c5ccccc5c(c5c6ccccc6n-2c15)c34. The second-order valence-electron chi connectivity index (χ2n) is 18.1. The van der Waals surface area contributed by atoms with Gasteiger partial charge in [-0.2, -0.15) is 0 Å². The zero-order valence-electron chi connectivity index (χ0n) is 31.5. The molecule has 13 rings (SSSR count). The predicted molar refractivity (Wildman–Crippen MR) is 232 cm³/mol. The summed E-state index contributed by atoms with van der Waals surface area (Å²) >= 11 is 0. The molecule has 256 valence electrons. The minimum absolute atomic E-state index is 0.0286. The van der Waals surface area contributed by atoms with E-state index in [-0.39, 0.29) is 17.5 Å². The van der Waals surface area contributed by atoms with Crippen LogP contribution in [0.4, 0.5) is 0 Å². The van der Waals surface area contributed by atoms with Gasteiger partial charge in [0.2, 0.25) is 0 Å². The summed E-state index contributed by atoms with van der Waals surface area (Å²) in [7, 11) is 0. The first-order valence-electron chi connectivity index (χ1n) is 19.5. The van der Waals surface area contributed by atoms with Crippen molar-refractivity contribution in [2.24, 2.45) is 0 Å². The average Bonchev–Trinajstić information content (AvgIpc) is 3.89. The first kappa shape index (κ1) is 29.5. The van der Waals surface area contributed by atoms with Crippen LogP contribution >= 0.6 is 0 Å². The van der Waals surface area contributed by atoms with E-state index < -0.39 is 0 Å². The smallest absolute Gasteiger partial charge is 0.253 e. The largest absolute Gasteiger partial charge is 0.310 e. The molecule has 11 aromatic rings. The molecule has 4 aromatic heterocycles. The van der Waals surface area contributed by atoms with E-state index in [1.54, 1.807) is 0 Å². The standard InChI is InChI=1S/C50H38BN3/c1-49(2,3)27-22-23-38-32(24-27)33-25-28(50(4,5)6)26-34-46(33)53(38)39-20-13-21-40-44(39)51(34)45-43-31-16-9-12-19-37(31)52-35-17-10-7-14-29(35)41(47(43)52)42-30-15-8-11-18-36(30)54(40)48(42)45/h7-26H,1-6H3. The van der Waals surface area contributed by atoms with Crippen LogP contribution in [-0.4, -0.2) is 20.2 Å². The Balaban J connectivity index is 1.34. The molecule has 0 saturated carbocycles. The molecular formula is C50H38BN3. The van der Waals surface area contributed by atoms with Gasteiger partial charge < -0.3 is 13.5 Å². The number of fused-ring (bicyclic) bond motifs is 18. The van der Waals surface area contributed by atoms with Gasteiger partial charge in [-0.15, -0.1) is 0 Å². The topological polar surface area (TPSA) is 14.3 Å².